The second kappa shape index (κ2) is 6.19. The lowest BCUT2D eigenvalue weighted by molar-refractivity contribution is 0.318. The van der Waals surface area contributed by atoms with Crippen molar-refractivity contribution in [1.82, 2.24) is 5.32 Å². The maximum Gasteiger partial charge on any atom is 0.154 e. The number of hydrogen-bond acceptors (Lipinski definition) is 3. The van der Waals surface area contributed by atoms with Gasteiger partial charge in [-0.15, -0.1) is 0 Å². The first-order valence-electron chi connectivity index (χ1n) is 6.79. The van der Waals surface area contributed by atoms with Crippen LogP contribution < -0.4 is 5.32 Å². The van der Waals surface area contributed by atoms with E-state index in [0.717, 1.165) is 25.7 Å². The van der Waals surface area contributed by atoms with E-state index < -0.39 is 9.84 Å². The van der Waals surface area contributed by atoms with Crippen molar-refractivity contribution < 1.29 is 8.42 Å². The van der Waals surface area contributed by atoms with Gasteiger partial charge in [0.25, 0.3) is 0 Å². The van der Waals surface area contributed by atoms with Crippen LogP contribution in [0.1, 0.15) is 46.5 Å². The highest BCUT2D eigenvalue weighted by Gasteiger charge is 2.37. The van der Waals surface area contributed by atoms with E-state index in [1.807, 2.05) is 14.0 Å². The largest absolute Gasteiger partial charge is 0.316 e. The Morgan fingerprint density at radius 3 is 2.53 bits per heavy atom. The molecule has 1 N–H and O–H groups in total. The third-order valence-corrected chi connectivity index (χ3v) is 6.58. The van der Waals surface area contributed by atoms with Gasteiger partial charge in [-0.1, -0.05) is 27.2 Å². The van der Waals surface area contributed by atoms with E-state index in [-0.39, 0.29) is 17.2 Å². The Morgan fingerprint density at radius 2 is 2.00 bits per heavy atom. The van der Waals surface area contributed by atoms with Crippen LogP contribution in [-0.4, -0.2) is 32.5 Å². The molecule has 1 fully saturated rings. The van der Waals surface area contributed by atoms with Crippen LogP contribution in [0.15, 0.2) is 0 Å². The first-order valence-corrected chi connectivity index (χ1v) is 8.51. The van der Waals surface area contributed by atoms with E-state index in [1.165, 1.54) is 0 Å². The molecule has 102 valence electrons. The van der Waals surface area contributed by atoms with Crippen molar-refractivity contribution in [2.45, 2.75) is 57.7 Å². The van der Waals surface area contributed by atoms with Crippen LogP contribution in [0.5, 0.6) is 0 Å². The van der Waals surface area contributed by atoms with Crippen molar-refractivity contribution in [3.05, 3.63) is 0 Å². The molecule has 0 aromatic rings. The third kappa shape index (κ3) is 3.95. The highest BCUT2D eigenvalue weighted by atomic mass is 32.2. The molecular formula is C13H27NO2S. The summed E-state index contributed by atoms with van der Waals surface area (Å²) < 4.78 is 24.9. The molecular weight excluding hydrogens is 234 g/mol. The van der Waals surface area contributed by atoms with Gasteiger partial charge in [0.05, 0.1) is 11.0 Å². The summed E-state index contributed by atoms with van der Waals surface area (Å²) in [6.07, 6.45) is 3.89. The summed E-state index contributed by atoms with van der Waals surface area (Å²) in [7, 11) is -1.07. The Morgan fingerprint density at radius 1 is 1.35 bits per heavy atom. The van der Waals surface area contributed by atoms with Crippen LogP contribution in [0.4, 0.5) is 0 Å². The Labute approximate surface area is 106 Å². The van der Waals surface area contributed by atoms with E-state index >= 15 is 0 Å². The SMILES string of the molecule is CCC(C)CS(=O)(=O)C1CC(C)CCC1NC. The van der Waals surface area contributed by atoms with Gasteiger partial charge < -0.3 is 5.32 Å². The summed E-state index contributed by atoms with van der Waals surface area (Å²) in [5.74, 6) is 1.16. The fourth-order valence-corrected chi connectivity index (χ4v) is 5.36. The number of sulfone groups is 1. The van der Waals surface area contributed by atoms with Crippen molar-refractivity contribution >= 4 is 9.84 Å². The molecule has 0 saturated heterocycles. The molecule has 1 rings (SSSR count). The number of rotatable bonds is 5. The predicted molar refractivity (Wildman–Crippen MR) is 72.9 cm³/mol. The molecule has 0 amide bonds. The maximum absolute atomic E-state index is 12.4. The predicted octanol–water partition coefficient (Wildman–Crippen LogP) is 2.22. The molecule has 4 heteroatoms. The molecule has 0 radical (unpaired) electrons. The number of hydrogen-bond donors (Lipinski definition) is 1. The lowest BCUT2D eigenvalue weighted by Gasteiger charge is -2.34. The standard InChI is InChI=1S/C13H27NO2S/c1-5-10(2)9-17(15,16)13-8-11(3)6-7-12(13)14-4/h10-14H,5-9H2,1-4H3. The molecule has 4 atom stereocenters. The fourth-order valence-electron chi connectivity index (χ4n) is 2.69. The first kappa shape index (κ1) is 15.0. The van der Waals surface area contributed by atoms with Gasteiger partial charge in [-0.05, 0) is 38.1 Å². The molecule has 0 aromatic heterocycles. The molecule has 1 aliphatic rings. The van der Waals surface area contributed by atoms with Crippen LogP contribution in [0.25, 0.3) is 0 Å². The Balaban J connectivity index is 2.79. The Kier molecular flexibility index (Phi) is 5.45. The summed E-state index contributed by atoms with van der Waals surface area (Å²) >= 11 is 0. The summed E-state index contributed by atoms with van der Waals surface area (Å²) in [5, 5.41) is 3.02. The van der Waals surface area contributed by atoms with Crippen LogP contribution in [-0.2, 0) is 9.84 Å². The zero-order chi connectivity index (χ0) is 13.1. The topological polar surface area (TPSA) is 46.2 Å². The van der Waals surface area contributed by atoms with Gasteiger partial charge in [0.2, 0.25) is 0 Å². The normalized spacial score (nSPS) is 32.4. The van der Waals surface area contributed by atoms with Crippen LogP contribution in [0.3, 0.4) is 0 Å². The maximum atomic E-state index is 12.4. The smallest absolute Gasteiger partial charge is 0.154 e. The van der Waals surface area contributed by atoms with Crippen LogP contribution >= 0.6 is 0 Å². The zero-order valence-corrected chi connectivity index (χ0v) is 12.4. The molecule has 17 heavy (non-hydrogen) atoms. The van der Waals surface area contributed by atoms with E-state index in [1.54, 1.807) is 0 Å². The van der Waals surface area contributed by atoms with Gasteiger partial charge in [-0.3, -0.25) is 0 Å². The Bertz CT molecular complexity index is 326. The van der Waals surface area contributed by atoms with Crippen LogP contribution in [0.2, 0.25) is 0 Å². The van der Waals surface area contributed by atoms with E-state index in [4.69, 9.17) is 0 Å². The van der Waals surface area contributed by atoms with Crippen molar-refractivity contribution in [1.29, 1.82) is 0 Å². The number of nitrogens with one attached hydrogen (secondary N) is 1. The molecule has 0 aliphatic heterocycles. The second-order valence-corrected chi connectivity index (χ2v) is 7.96. The zero-order valence-electron chi connectivity index (χ0n) is 11.6. The van der Waals surface area contributed by atoms with Crippen molar-refractivity contribution in [2.24, 2.45) is 11.8 Å². The van der Waals surface area contributed by atoms with Gasteiger partial charge in [-0.25, -0.2) is 8.42 Å². The quantitative estimate of drug-likeness (QED) is 0.825. The monoisotopic (exact) mass is 261 g/mol. The molecule has 0 spiro atoms. The Hall–Kier alpha value is -0.0900. The van der Waals surface area contributed by atoms with Gasteiger partial charge in [0, 0.05) is 6.04 Å². The minimum absolute atomic E-state index is 0.153. The van der Waals surface area contributed by atoms with Crippen molar-refractivity contribution in [3.8, 4) is 0 Å². The van der Waals surface area contributed by atoms with E-state index in [0.29, 0.717) is 11.7 Å². The summed E-state index contributed by atoms with van der Waals surface area (Å²) in [6.45, 7) is 6.25. The van der Waals surface area contributed by atoms with Gasteiger partial charge >= 0.3 is 0 Å². The van der Waals surface area contributed by atoms with E-state index in [2.05, 4.69) is 19.2 Å². The van der Waals surface area contributed by atoms with E-state index in [9.17, 15) is 8.42 Å². The summed E-state index contributed by atoms with van der Waals surface area (Å²) in [6, 6.07) is 0.153. The minimum Gasteiger partial charge on any atom is -0.316 e. The second-order valence-electron chi connectivity index (χ2n) is 5.69. The van der Waals surface area contributed by atoms with Crippen molar-refractivity contribution in [3.63, 3.8) is 0 Å². The molecule has 3 nitrogen and oxygen atoms in total. The average molecular weight is 261 g/mol. The minimum atomic E-state index is -2.95. The lowest BCUT2D eigenvalue weighted by atomic mass is 9.87. The molecule has 1 saturated carbocycles. The van der Waals surface area contributed by atoms with Crippen LogP contribution in [0, 0.1) is 11.8 Å². The molecule has 0 bridgehead atoms. The molecule has 1 aliphatic carbocycles. The average Bonchev–Trinajstić information content (AvgIpc) is 2.28. The molecule has 0 heterocycles. The molecule has 0 aromatic carbocycles. The van der Waals surface area contributed by atoms with Gasteiger partial charge in [-0.2, -0.15) is 0 Å². The summed E-state index contributed by atoms with van der Waals surface area (Å²) in [4.78, 5) is 0. The highest BCUT2D eigenvalue weighted by molar-refractivity contribution is 7.92. The van der Waals surface area contributed by atoms with Crippen molar-refractivity contribution in [2.75, 3.05) is 12.8 Å². The van der Waals surface area contributed by atoms with Gasteiger partial charge in [0.1, 0.15) is 0 Å². The van der Waals surface area contributed by atoms with Gasteiger partial charge in [0.15, 0.2) is 9.84 Å². The first-order chi connectivity index (χ1) is 7.90. The summed E-state index contributed by atoms with van der Waals surface area (Å²) in [5.41, 5.74) is 0. The highest BCUT2D eigenvalue weighted by Crippen LogP contribution is 2.30. The fraction of sp³-hybridized carbons (Fsp3) is 1.00. The third-order valence-electron chi connectivity index (χ3n) is 4.10. The lowest BCUT2D eigenvalue weighted by Crippen LogP contribution is -2.47. The molecule has 4 unspecified atom stereocenters.